The Balaban J connectivity index is 1.46. The lowest BCUT2D eigenvalue weighted by atomic mass is 10.2. The van der Waals surface area contributed by atoms with Crippen LogP contribution in [0.5, 0.6) is 0 Å². The molecule has 5 rings (SSSR count). The van der Waals surface area contributed by atoms with E-state index in [1.54, 1.807) is 17.3 Å². The normalized spacial score (nSPS) is 14.1. The highest BCUT2D eigenvalue weighted by Gasteiger charge is 2.23. The van der Waals surface area contributed by atoms with Gasteiger partial charge in [0.25, 0.3) is 5.22 Å². The number of aromatic nitrogens is 5. The van der Waals surface area contributed by atoms with Crippen LogP contribution in [0.1, 0.15) is 18.7 Å². The number of rotatable bonds is 5. The van der Waals surface area contributed by atoms with Crippen LogP contribution in [0.15, 0.2) is 63.5 Å². The van der Waals surface area contributed by atoms with Gasteiger partial charge in [-0.05, 0) is 36.4 Å². The Morgan fingerprint density at radius 1 is 1.07 bits per heavy atom. The molecule has 1 amide bonds. The lowest BCUT2D eigenvalue weighted by Crippen LogP contribution is -2.23. The van der Waals surface area contributed by atoms with Crippen LogP contribution in [0.3, 0.4) is 0 Å². The van der Waals surface area contributed by atoms with Gasteiger partial charge in [0.2, 0.25) is 11.8 Å². The van der Waals surface area contributed by atoms with E-state index in [-0.39, 0.29) is 5.91 Å². The Morgan fingerprint density at radius 3 is 2.76 bits per heavy atom. The maximum absolute atomic E-state index is 11.8. The van der Waals surface area contributed by atoms with E-state index in [0.717, 1.165) is 34.5 Å². The fourth-order valence-electron chi connectivity index (χ4n) is 3.22. The maximum Gasteiger partial charge on any atom is 0.283 e. The summed E-state index contributed by atoms with van der Waals surface area (Å²) in [6, 6.07) is 11.5. The van der Waals surface area contributed by atoms with Crippen molar-refractivity contribution in [2.24, 2.45) is 0 Å². The predicted octanol–water partition coefficient (Wildman–Crippen LogP) is 3.35. The second-order valence-electron chi connectivity index (χ2n) is 6.59. The van der Waals surface area contributed by atoms with E-state index in [4.69, 9.17) is 9.40 Å². The molecule has 3 aromatic heterocycles. The number of likely N-dealkylation sites (tertiary alicyclic amines) is 1. The van der Waals surface area contributed by atoms with Crippen LogP contribution in [0.25, 0.3) is 22.3 Å². The summed E-state index contributed by atoms with van der Waals surface area (Å²) in [5, 5.41) is 10.2. The number of fused-ring (bicyclic) bond motifs is 1. The molecule has 8 nitrogen and oxygen atoms in total. The molecule has 4 heterocycles. The Bertz CT molecular complexity index is 1180. The molecule has 0 unspecified atom stereocenters. The van der Waals surface area contributed by atoms with Crippen LogP contribution < -0.4 is 0 Å². The zero-order valence-electron chi connectivity index (χ0n) is 15.4. The molecule has 1 aromatic carbocycles. The highest BCUT2D eigenvalue weighted by molar-refractivity contribution is 7.99. The zero-order valence-corrected chi connectivity index (χ0v) is 16.2. The number of pyridine rings is 1. The Morgan fingerprint density at radius 2 is 1.93 bits per heavy atom. The van der Waals surface area contributed by atoms with E-state index in [1.807, 2.05) is 36.4 Å². The Hall–Kier alpha value is -3.33. The standard InChI is InChI=1S/C20H16N6O2S/c27-17-6-3-11-26(17)12-16-24-25-20(28-16)29-19-14-4-1-2-5-15(14)22-18(23-19)13-7-9-21-10-8-13/h1-2,4-5,7-10H,3,6,11-12H2. The molecule has 9 heteroatoms. The molecule has 1 fully saturated rings. The fourth-order valence-corrected chi connectivity index (χ4v) is 4.02. The van der Waals surface area contributed by atoms with Gasteiger partial charge < -0.3 is 9.32 Å². The number of nitrogens with zero attached hydrogens (tertiary/aromatic N) is 6. The first kappa shape index (κ1) is 17.7. The van der Waals surface area contributed by atoms with Gasteiger partial charge in [0.15, 0.2) is 5.82 Å². The van der Waals surface area contributed by atoms with Crippen molar-refractivity contribution in [3.8, 4) is 11.4 Å². The van der Waals surface area contributed by atoms with Gasteiger partial charge in [0.1, 0.15) is 5.03 Å². The van der Waals surface area contributed by atoms with Gasteiger partial charge in [-0.15, -0.1) is 10.2 Å². The van der Waals surface area contributed by atoms with Crippen molar-refractivity contribution in [3.05, 3.63) is 54.7 Å². The van der Waals surface area contributed by atoms with Crippen LogP contribution in [-0.2, 0) is 11.3 Å². The largest absolute Gasteiger partial charge is 0.414 e. The molecule has 0 radical (unpaired) electrons. The molecular formula is C20H16N6O2S. The molecule has 4 aromatic rings. The lowest BCUT2D eigenvalue weighted by molar-refractivity contribution is -0.128. The van der Waals surface area contributed by atoms with Gasteiger partial charge >= 0.3 is 0 Å². The van der Waals surface area contributed by atoms with Crippen molar-refractivity contribution in [3.63, 3.8) is 0 Å². The van der Waals surface area contributed by atoms with Crippen molar-refractivity contribution in [1.29, 1.82) is 0 Å². The minimum absolute atomic E-state index is 0.126. The van der Waals surface area contributed by atoms with Crippen molar-refractivity contribution in [2.75, 3.05) is 6.54 Å². The van der Waals surface area contributed by atoms with Crippen molar-refractivity contribution < 1.29 is 9.21 Å². The first-order valence-corrected chi connectivity index (χ1v) is 10.0. The molecule has 0 N–H and O–H groups in total. The average molecular weight is 404 g/mol. The summed E-state index contributed by atoms with van der Waals surface area (Å²) in [7, 11) is 0. The van der Waals surface area contributed by atoms with Crippen LogP contribution in [0, 0.1) is 0 Å². The highest BCUT2D eigenvalue weighted by Crippen LogP contribution is 2.32. The van der Waals surface area contributed by atoms with Crippen LogP contribution in [-0.4, -0.2) is 42.5 Å². The third-order valence-electron chi connectivity index (χ3n) is 4.64. The number of amides is 1. The molecule has 0 aliphatic carbocycles. The SMILES string of the molecule is O=C1CCCN1Cc1nnc(Sc2nc(-c3ccncc3)nc3ccccc23)o1. The van der Waals surface area contributed by atoms with Gasteiger partial charge in [-0.25, -0.2) is 9.97 Å². The molecule has 1 saturated heterocycles. The number of carbonyl (C=O) groups is 1. The summed E-state index contributed by atoms with van der Waals surface area (Å²) in [6.07, 6.45) is 4.88. The van der Waals surface area contributed by atoms with E-state index in [2.05, 4.69) is 20.2 Å². The van der Waals surface area contributed by atoms with E-state index in [9.17, 15) is 4.79 Å². The molecule has 0 atom stereocenters. The van der Waals surface area contributed by atoms with Crippen molar-refractivity contribution in [1.82, 2.24) is 30.0 Å². The fraction of sp³-hybridized carbons (Fsp3) is 0.200. The molecule has 1 aliphatic heterocycles. The molecule has 0 bridgehead atoms. The van der Waals surface area contributed by atoms with Gasteiger partial charge in [0.05, 0.1) is 12.1 Å². The number of benzene rings is 1. The number of para-hydroxylation sites is 1. The number of hydrogen-bond donors (Lipinski definition) is 0. The summed E-state index contributed by atoms with van der Waals surface area (Å²) >= 11 is 1.29. The average Bonchev–Trinajstić information content (AvgIpc) is 3.37. The van der Waals surface area contributed by atoms with Crippen LogP contribution in [0.2, 0.25) is 0 Å². The molecular weight excluding hydrogens is 388 g/mol. The minimum Gasteiger partial charge on any atom is -0.414 e. The topological polar surface area (TPSA) is 97.9 Å². The van der Waals surface area contributed by atoms with Gasteiger partial charge in [-0.1, -0.05) is 18.2 Å². The van der Waals surface area contributed by atoms with E-state index in [1.165, 1.54) is 11.8 Å². The second-order valence-corrected chi connectivity index (χ2v) is 7.53. The van der Waals surface area contributed by atoms with E-state index < -0.39 is 0 Å². The summed E-state index contributed by atoms with van der Waals surface area (Å²) in [4.78, 5) is 27.0. The van der Waals surface area contributed by atoms with Crippen LogP contribution >= 0.6 is 11.8 Å². The smallest absolute Gasteiger partial charge is 0.283 e. The number of carbonyl (C=O) groups excluding carboxylic acids is 1. The molecule has 29 heavy (non-hydrogen) atoms. The molecule has 144 valence electrons. The second kappa shape index (κ2) is 7.59. The molecule has 1 aliphatic rings. The summed E-state index contributed by atoms with van der Waals surface area (Å²) < 4.78 is 5.77. The lowest BCUT2D eigenvalue weighted by Gasteiger charge is -2.11. The molecule has 0 spiro atoms. The van der Waals surface area contributed by atoms with Crippen molar-refractivity contribution >= 4 is 28.6 Å². The summed E-state index contributed by atoms with van der Waals surface area (Å²) in [6.45, 7) is 1.08. The van der Waals surface area contributed by atoms with E-state index >= 15 is 0 Å². The maximum atomic E-state index is 11.8. The van der Waals surface area contributed by atoms with Gasteiger partial charge in [-0.3, -0.25) is 9.78 Å². The van der Waals surface area contributed by atoms with Crippen molar-refractivity contribution in [2.45, 2.75) is 29.6 Å². The Kier molecular flexibility index (Phi) is 4.65. The zero-order chi connectivity index (χ0) is 19.6. The summed E-state index contributed by atoms with van der Waals surface area (Å²) in [5.41, 5.74) is 1.71. The van der Waals surface area contributed by atoms with E-state index in [0.29, 0.717) is 29.9 Å². The quantitative estimate of drug-likeness (QED) is 0.467. The Labute approximate surface area is 170 Å². The summed E-state index contributed by atoms with van der Waals surface area (Å²) in [5.74, 6) is 1.16. The predicted molar refractivity (Wildman–Crippen MR) is 106 cm³/mol. The first-order chi connectivity index (χ1) is 14.3. The minimum atomic E-state index is 0.126. The third kappa shape index (κ3) is 3.68. The highest BCUT2D eigenvalue weighted by atomic mass is 32.2. The number of hydrogen-bond acceptors (Lipinski definition) is 8. The third-order valence-corrected chi connectivity index (χ3v) is 5.48. The van der Waals surface area contributed by atoms with Crippen LogP contribution in [0.4, 0.5) is 0 Å². The van der Waals surface area contributed by atoms with Gasteiger partial charge in [0, 0.05) is 36.3 Å². The van der Waals surface area contributed by atoms with Gasteiger partial charge in [-0.2, -0.15) is 0 Å². The molecule has 0 saturated carbocycles. The first-order valence-electron chi connectivity index (χ1n) is 9.21. The monoisotopic (exact) mass is 404 g/mol.